The standard InChI is InChI=1S/C15H15ClN2O3S/c1-10(11-2-5-17-6-3-11)18-22(19,20)14-9-13(16)8-12-4-7-21-15(12)14/h2-3,5-6,8-10,18H,4,7H2,1H3/t10-/m0/s1. The molecule has 0 aliphatic carbocycles. The maximum atomic E-state index is 12.7. The van der Waals surface area contributed by atoms with E-state index in [1.165, 1.54) is 6.07 Å². The van der Waals surface area contributed by atoms with Crippen molar-refractivity contribution < 1.29 is 13.2 Å². The Hall–Kier alpha value is -1.63. The quantitative estimate of drug-likeness (QED) is 0.930. The number of sulfonamides is 1. The minimum atomic E-state index is -3.74. The van der Waals surface area contributed by atoms with E-state index in [0.29, 0.717) is 23.8 Å². The summed E-state index contributed by atoms with van der Waals surface area (Å²) in [6.45, 7) is 2.25. The molecule has 0 amide bonds. The number of rotatable bonds is 4. The molecule has 1 aromatic carbocycles. The second kappa shape index (κ2) is 5.87. The van der Waals surface area contributed by atoms with E-state index in [0.717, 1.165) is 11.1 Å². The molecule has 1 aromatic heterocycles. The molecule has 3 rings (SSSR count). The maximum Gasteiger partial charge on any atom is 0.244 e. The van der Waals surface area contributed by atoms with Crippen LogP contribution in [0.25, 0.3) is 0 Å². The molecular formula is C15H15ClN2O3S. The topological polar surface area (TPSA) is 68.3 Å². The van der Waals surface area contributed by atoms with E-state index in [1.54, 1.807) is 37.5 Å². The summed E-state index contributed by atoms with van der Waals surface area (Å²) in [5.41, 5.74) is 1.66. The minimum absolute atomic E-state index is 0.0911. The molecule has 0 saturated heterocycles. The molecule has 0 radical (unpaired) electrons. The average Bonchev–Trinajstić information content (AvgIpc) is 2.94. The van der Waals surface area contributed by atoms with Crippen LogP contribution in [-0.4, -0.2) is 20.0 Å². The molecular weight excluding hydrogens is 324 g/mol. The summed E-state index contributed by atoms with van der Waals surface area (Å²) in [5.74, 6) is 0.402. The lowest BCUT2D eigenvalue weighted by atomic mass is 10.1. The van der Waals surface area contributed by atoms with Crippen LogP contribution >= 0.6 is 11.6 Å². The first-order chi connectivity index (χ1) is 10.5. The Labute approximate surface area is 134 Å². The fourth-order valence-electron chi connectivity index (χ4n) is 2.45. The van der Waals surface area contributed by atoms with Crippen LogP contribution < -0.4 is 9.46 Å². The molecule has 116 valence electrons. The molecule has 0 saturated carbocycles. The van der Waals surface area contributed by atoms with Gasteiger partial charge in [0, 0.05) is 35.4 Å². The van der Waals surface area contributed by atoms with Crippen molar-refractivity contribution in [3.63, 3.8) is 0 Å². The number of aromatic nitrogens is 1. The third-order valence-electron chi connectivity index (χ3n) is 3.54. The van der Waals surface area contributed by atoms with Crippen molar-refractivity contribution >= 4 is 21.6 Å². The van der Waals surface area contributed by atoms with E-state index >= 15 is 0 Å². The van der Waals surface area contributed by atoms with Gasteiger partial charge in [-0.2, -0.15) is 0 Å². The Morgan fingerprint density at radius 1 is 1.32 bits per heavy atom. The fraction of sp³-hybridized carbons (Fsp3) is 0.267. The predicted molar refractivity (Wildman–Crippen MR) is 83.6 cm³/mol. The van der Waals surface area contributed by atoms with Gasteiger partial charge in [0.05, 0.1) is 6.61 Å². The van der Waals surface area contributed by atoms with E-state index < -0.39 is 10.0 Å². The summed E-state index contributed by atoms with van der Waals surface area (Å²) < 4.78 is 33.4. The van der Waals surface area contributed by atoms with Crippen molar-refractivity contribution in [3.8, 4) is 5.75 Å². The van der Waals surface area contributed by atoms with Gasteiger partial charge in [0.25, 0.3) is 0 Å². The molecule has 0 spiro atoms. The average molecular weight is 339 g/mol. The molecule has 5 nitrogen and oxygen atoms in total. The highest BCUT2D eigenvalue weighted by Gasteiger charge is 2.27. The van der Waals surface area contributed by atoms with Crippen LogP contribution in [0.1, 0.15) is 24.1 Å². The normalized spacial score (nSPS) is 15.2. The third kappa shape index (κ3) is 2.95. The summed E-state index contributed by atoms with van der Waals surface area (Å²) in [7, 11) is -3.74. The van der Waals surface area contributed by atoms with Crippen LogP contribution in [-0.2, 0) is 16.4 Å². The fourth-order valence-corrected chi connectivity index (χ4v) is 4.20. The van der Waals surface area contributed by atoms with E-state index in [2.05, 4.69) is 9.71 Å². The zero-order chi connectivity index (χ0) is 15.7. The molecule has 1 N–H and O–H groups in total. The van der Waals surface area contributed by atoms with E-state index in [1.807, 2.05) is 0 Å². The van der Waals surface area contributed by atoms with Crippen molar-refractivity contribution in [2.75, 3.05) is 6.61 Å². The van der Waals surface area contributed by atoms with Crippen molar-refractivity contribution in [3.05, 3.63) is 52.8 Å². The Balaban J connectivity index is 1.94. The monoisotopic (exact) mass is 338 g/mol. The number of hydrogen-bond donors (Lipinski definition) is 1. The molecule has 1 atom stereocenters. The highest BCUT2D eigenvalue weighted by Crippen LogP contribution is 2.36. The highest BCUT2D eigenvalue weighted by molar-refractivity contribution is 7.89. The van der Waals surface area contributed by atoms with Crippen molar-refractivity contribution in [2.24, 2.45) is 0 Å². The van der Waals surface area contributed by atoms with Crippen LogP contribution in [0.2, 0.25) is 5.02 Å². The second-order valence-electron chi connectivity index (χ2n) is 5.11. The van der Waals surface area contributed by atoms with Gasteiger partial charge in [0.15, 0.2) is 0 Å². The molecule has 2 heterocycles. The number of nitrogens with one attached hydrogen (secondary N) is 1. The summed E-state index contributed by atoms with van der Waals surface area (Å²) in [6, 6.07) is 6.32. The highest BCUT2D eigenvalue weighted by atomic mass is 35.5. The lowest BCUT2D eigenvalue weighted by molar-refractivity contribution is 0.348. The largest absolute Gasteiger partial charge is 0.492 e. The van der Waals surface area contributed by atoms with Gasteiger partial charge in [-0.15, -0.1) is 0 Å². The van der Waals surface area contributed by atoms with Gasteiger partial charge >= 0.3 is 0 Å². The van der Waals surface area contributed by atoms with E-state index in [4.69, 9.17) is 16.3 Å². The van der Waals surface area contributed by atoms with Gasteiger partial charge in [-0.05, 0) is 36.8 Å². The Morgan fingerprint density at radius 2 is 2.05 bits per heavy atom. The first-order valence-electron chi connectivity index (χ1n) is 6.85. The molecule has 1 aliphatic rings. The summed E-state index contributed by atoms with van der Waals surface area (Å²) in [5, 5.41) is 0.390. The molecule has 7 heteroatoms. The van der Waals surface area contributed by atoms with Gasteiger partial charge in [0.1, 0.15) is 10.6 Å². The summed E-state index contributed by atoms with van der Waals surface area (Å²) >= 11 is 6.03. The third-order valence-corrected chi connectivity index (χ3v) is 5.31. The number of fused-ring (bicyclic) bond motifs is 1. The predicted octanol–water partition coefficient (Wildman–Crippen LogP) is 2.71. The van der Waals surface area contributed by atoms with Crippen LogP contribution in [0, 0.1) is 0 Å². The van der Waals surface area contributed by atoms with Crippen molar-refractivity contribution in [1.29, 1.82) is 0 Å². The zero-order valence-electron chi connectivity index (χ0n) is 11.9. The maximum absolute atomic E-state index is 12.7. The Morgan fingerprint density at radius 3 is 2.77 bits per heavy atom. The zero-order valence-corrected chi connectivity index (χ0v) is 13.5. The van der Waals surface area contributed by atoms with Crippen LogP contribution in [0.3, 0.4) is 0 Å². The number of nitrogens with zero attached hydrogens (tertiary/aromatic N) is 1. The molecule has 22 heavy (non-hydrogen) atoms. The van der Waals surface area contributed by atoms with E-state index in [9.17, 15) is 8.42 Å². The number of ether oxygens (including phenoxy) is 1. The van der Waals surface area contributed by atoms with Gasteiger partial charge in [0.2, 0.25) is 10.0 Å². The number of benzene rings is 1. The molecule has 1 aliphatic heterocycles. The summed E-state index contributed by atoms with van der Waals surface area (Å²) in [4.78, 5) is 4.02. The van der Waals surface area contributed by atoms with Crippen molar-refractivity contribution in [2.45, 2.75) is 24.3 Å². The van der Waals surface area contributed by atoms with E-state index in [-0.39, 0.29) is 10.9 Å². The molecule has 0 unspecified atom stereocenters. The number of hydrogen-bond acceptors (Lipinski definition) is 4. The Kier molecular flexibility index (Phi) is 4.08. The lowest BCUT2D eigenvalue weighted by Crippen LogP contribution is -2.27. The smallest absolute Gasteiger partial charge is 0.244 e. The van der Waals surface area contributed by atoms with Crippen molar-refractivity contribution in [1.82, 2.24) is 9.71 Å². The summed E-state index contributed by atoms with van der Waals surface area (Å²) in [6.07, 6.45) is 3.92. The van der Waals surface area contributed by atoms with Gasteiger partial charge in [-0.25, -0.2) is 13.1 Å². The number of pyridine rings is 1. The first-order valence-corrected chi connectivity index (χ1v) is 8.71. The van der Waals surface area contributed by atoms with Gasteiger partial charge in [-0.3, -0.25) is 4.98 Å². The second-order valence-corrected chi connectivity index (χ2v) is 7.23. The molecule has 0 fully saturated rings. The van der Waals surface area contributed by atoms with Gasteiger partial charge < -0.3 is 4.74 Å². The lowest BCUT2D eigenvalue weighted by Gasteiger charge is -2.16. The van der Waals surface area contributed by atoms with Crippen LogP contribution in [0.15, 0.2) is 41.6 Å². The molecule has 2 aromatic rings. The molecule has 0 bridgehead atoms. The van der Waals surface area contributed by atoms with Crippen LogP contribution in [0.5, 0.6) is 5.75 Å². The van der Waals surface area contributed by atoms with Crippen LogP contribution in [0.4, 0.5) is 0 Å². The first kappa shape index (κ1) is 15.3. The van der Waals surface area contributed by atoms with Gasteiger partial charge in [-0.1, -0.05) is 11.6 Å². The SMILES string of the molecule is C[C@H](NS(=O)(=O)c1cc(Cl)cc2c1OCC2)c1ccncc1. The minimum Gasteiger partial charge on any atom is -0.492 e. The Bertz CT molecular complexity index is 794. The number of halogens is 1.